The Kier molecular flexibility index (Phi) is 4.95. The van der Waals surface area contributed by atoms with Gasteiger partial charge in [0.25, 0.3) is 0 Å². The van der Waals surface area contributed by atoms with Crippen molar-refractivity contribution in [1.29, 1.82) is 0 Å². The molecule has 5 heteroatoms. The molecule has 1 aromatic rings. The Morgan fingerprint density at radius 2 is 2.18 bits per heavy atom. The monoisotopic (exact) mass is 304 g/mol. The first-order valence-corrected chi connectivity index (χ1v) is 8.12. The Hall–Kier alpha value is -1.59. The van der Waals surface area contributed by atoms with E-state index in [4.69, 9.17) is 4.74 Å². The summed E-state index contributed by atoms with van der Waals surface area (Å²) in [6, 6.07) is 9.88. The van der Waals surface area contributed by atoms with Crippen LogP contribution in [0.25, 0.3) is 0 Å². The lowest BCUT2D eigenvalue weighted by molar-refractivity contribution is 0.124. The molecule has 0 radical (unpaired) electrons. The number of aliphatic hydroxyl groups is 1. The number of urea groups is 1. The van der Waals surface area contributed by atoms with Gasteiger partial charge in [-0.05, 0) is 31.2 Å². The van der Waals surface area contributed by atoms with Gasteiger partial charge < -0.3 is 20.1 Å². The van der Waals surface area contributed by atoms with E-state index in [1.165, 1.54) is 0 Å². The molecule has 22 heavy (non-hydrogen) atoms. The fraction of sp³-hybridized carbons (Fsp3) is 0.588. The molecule has 2 heterocycles. The molecule has 2 N–H and O–H groups in total. The van der Waals surface area contributed by atoms with Crippen molar-refractivity contribution in [3.8, 4) is 0 Å². The quantitative estimate of drug-likeness (QED) is 0.895. The van der Waals surface area contributed by atoms with Crippen LogP contribution >= 0.6 is 0 Å². The number of nitrogens with zero attached hydrogens (tertiary/aromatic N) is 1. The number of amides is 2. The second-order valence-electron chi connectivity index (χ2n) is 6.16. The van der Waals surface area contributed by atoms with Crippen LogP contribution in [0.2, 0.25) is 0 Å². The average molecular weight is 304 g/mol. The topological polar surface area (TPSA) is 61.8 Å². The lowest BCUT2D eigenvalue weighted by Gasteiger charge is -2.28. The lowest BCUT2D eigenvalue weighted by atomic mass is 10.0. The number of aliphatic hydroxyl groups excluding tert-OH is 1. The van der Waals surface area contributed by atoms with E-state index in [1.54, 1.807) is 0 Å². The van der Waals surface area contributed by atoms with Crippen molar-refractivity contribution in [1.82, 2.24) is 10.2 Å². The molecule has 120 valence electrons. The number of rotatable bonds is 4. The fourth-order valence-electron chi connectivity index (χ4n) is 3.32. The summed E-state index contributed by atoms with van der Waals surface area (Å²) in [6.45, 7) is 2.10. The maximum Gasteiger partial charge on any atom is 0.317 e. The highest BCUT2D eigenvalue weighted by Crippen LogP contribution is 2.27. The molecule has 3 unspecified atom stereocenters. The highest BCUT2D eigenvalue weighted by molar-refractivity contribution is 5.75. The average Bonchev–Trinajstić information content (AvgIpc) is 3.19. The summed E-state index contributed by atoms with van der Waals surface area (Å²) in [7, 11) is 0. The number of ether oxygens (including phenoxy) is 1. The van der Waals surface area contributed by atoms with E-state index in [9.17, 15) is 9.90 Å². The number of hydrogen-bond acceptors (Lipinski definition) is 3. The van der Waals surface area contributed by atoms with E-state index < -0.39 is 6.10 Å². The van der Waals surface area contributed by atoms with Gasteiger partial charge in [0.2, 0.25) is 0 Å². The number of likely N-dealkylation sites (tertiary alicyclic amines) is 1. The molecule has 5 nitrogen and oxygen atoms in total. The van der Waals surface area contributed by atoms with Gasteiger partial charge in [-0.15, -0.1) is 0 Å². The van der Waals surface area contributed by atoms with Gasteiger partial charge in [0.15, 0.2) is 0 Å². The van der Waals surface area contributed by atoms with Gasteiger partial charge in [-0.25, -0.2) is 4.79 Å². The third kappa shape index (κ3) is 3.59. The molecular weight excluding hydrogens is 280 g/mol. The molecule has 3 rings (SSSR count). The maximum absolute atomic E-state index is 12.4. The summed E-state index contributed by atoms with van der Waals surface area (Å²) in [5.41, 5.74) is 0.916. The Morgan fingerprint density at radius 3 is 2.91 bits per heavy atom. The van der Waals surface area contributed by atoms with Crippen molar-refractivity contribution in [2.75, 3.05) is 19.8 Å². The van der Waals surface area contributed by atoms with E-state index in [1.807, 2.05) is 35.2 Å². The van der Waals surface area contributed by atoms with Crippen molar-refractivity contribution >= 4 is 6.03 Å². The Morgan fingerprint density at radius 1 is 1.36 bits per heavy atom. The van der Waals surface area contributed by atoms with Gasteiger partial charge >= 0.3 is 6.03 Å². The van der Waals surface area contributed by atoms with Crippen LogP contribution in [0.1, 0.15) is 37.4 Å². The molecule has 2 aliphatic rings. The van der Waals surface area contributed by atoms with Gasteiger partial charge in [0.05, 0.1) is 18.8 Å². The van der Waals surface area contributed by atoms with Crippen molar-refractivity contribution in [2.24, 2.45) is 0 Å². The third-order valence-corrected chi connectivity index (χ3v) is 4.57. The van der Waals surface area contributed by atoms with Crippen molar-refractivity contribution in [3.63, 3.8) is 0 Å². The minimum absolute atomic E-state index is 0.0155. The molecule has 2 saturated heterocycles. The van der Waals surface area contributed by atoms with Crippen LogP contribution in [0, 0.1) is 0 Å². The number of carbonyl (C=O) groups is 1. The predicted molar refractivity (Wildman–Crippen MR) is 83.5 cm³/mol. The fourth-order valence-corrected chi connectivity index (χ4v) is 3.32. The Balaban J connectivity index is 1.57. The second kappa shape index (κ2) is 7.11. The molecule has 2 fully saturated rings. The van der Waals surface area contributed by atoms with E-state index in [0.29, 0.717) is 13.0 Å². The summed E-state index contributed by atoms with van der Waals surface area (Å²) in [6.07, 6.45) is 2.92. The first kappa shape index (κ1) is 15.3. The molecule has 1 aromatic carbocycles. The summed E-state index contributed by atoms with van der Waals surface area (Å²) in [5, 5.41) is 13.4. The minimum Gasteiger partial charge on any atom is -0.388 e. The van der Waals surface area contributed by atoms with Crippen molar-refractivity contribution in [3.05, 3.63) is 35.9 Å². The summed E-state index contributed by atoms with van der Waals surface area (Å²) in [5.74, 6) is 0. The highest BCUT2D eigenvalue weighted by Gasteiger charge is 2.32. The standard InChI is InChI=1S/C17H24N2O3/c20-16(13-5-2-1-3-6-13)11-15-7-4-9-19(15)17(21)18-14-8-10-22-12-14/h1-3,5-6,14-16,20H,4,7-12H2,(H,18,21). The highest BCUT2D eigenvalue weighted by atomic mass is 16.5. The molecule has 0 bridgehead atoms. The summed E-state index contributed by atoms with van der Waals surface area (Å²) < 4.78 is 5.30. The molecule has 0 saturated carbocycles. The third-order valence-electron chi connectivity index (χ3n) is 4.57. The Labute approximate surface area is 131 Å². The zero-order valence-corrected chi connectivity index (χ0v) is 12.8. The Bertz CT molecular complexity index is 488. The van der Waals surface area contributed by atoms with Crippen LogP contribution in [0.15, 0.2) is 30.3 Å². The number of benzene rings is 1. The largest absolute Gasteiger partial charge is 0.388 e. The van der Waals surface area contributed by atoms with Gasteiger partial charge in [-0.1, -0.05) is 30.3 Å². The van der Waals surface area contributed by atoms with Gasteiger partial charge in [0, 0.05) is 19.2 Å². The van der Waals surface area contributed by atoms with Crippen LogP contribution in [0.3, 0.4) is 0 Å². The van der Waals surface area contributed by atoms with E-state index in [2.05, 4.69) is 5.32 Å². The number of carbonyl (C=O) groups excluding carboxylic acids is 1. The van der Waals surface area contributed by atoms with Crippen molar-refractivity contribution in [2.45, 2.75) is 43.9 Å². The normalized spacial score (nSPS) is 26.1. The van der Waals surface area contributed by atoms with Gasteiger partial charge in [-0.3, -0.25) is 0 Å². The van der Waals surface area contributed by atoms with Crippen LogP contribution < -0.4 is 5.32 Å². The lowest BCUT2D eigenvalue weighted by Crippen LogP contribution is -2.47. The molecule has 0 aromatic heterocycles. The van der Waals surface area contributed by atoms with E-state index in [-0.39, 0.29) is 18.1 Å². The van der Waals surface area contributed by atoms with Crippen LogP contribution in [-0.2, 0) is 4.74 Å². The zero-order chi connectivity index (χ0) is 15.4. The van der Waals surface area contributed by atoms with Crippen LogP contribution in [0.4, 0.5) is 4.79 Å². The van der Waals surface area contributed by atoms with Gasteiger partial charge in [-0.2, -0.15) is 0 Å². The SMILES string of the molecule is O=C(NC1CCOC1)N1CCCC1CC(O)c1ccccc1. The van der Waals surface area contributed by atoms with Crippen molar-refractivity contribution < 1.29 is 14.6 Å². The number of nitrogens with one attached hydrogen (secondary N) is 1. The molecule has 0 spiro atoms. The summed E-state index contributed by atoms with van der Waals surface area (Å²) >= 11 is 0. The molecule has 2 aliphatic heterocycles. The zero-order valence-electron chi connectivity index (χ0n) is 12.8. The van der Waals surface area contributed by atoms with E-state index in [0.717, 1.165) is 38.0 Å². The smallest absolute Gasteiger partial charge is 0.317 e. The minimum atomic E-state index is -0.519. The molecule has 2 amide bonds. The number of hydrogen-bond donors (Lipinski definition) is 2. The molecular formula is C17H24N2O3. The van der Waals surface area contributed by atoms with Crippen LogP contribution in [0.5, 0.6) is 0 Å². The second-order valence-corrected chi connectivity index (χ2v) is 6.16. The molecule has 0 aliphatic carbocycles. The molecule has 3 atom stereocenters. The predicted octanol–water partition coefficient (Wildman–Crippen LogP) is 2.07. The van der Waals surface area contributed by atoms with Crippen LogP contribution in [-0.4, -0.2) is 47.9 Å². The van der Waals surface area contributed by atoms with Gasteiger partial charge in [0.1, 0.15) is 0 Å². The first-order valence-electron chi connectivity index (χ1n) is 8.12. The summed E-state index contributed by atoms with van der Waals surface area (Å²) in [4.78, 5) is 14.3. The first-order chi connectivity index (χ1) is 10.7. The maximum atomic E-state index is 12.4. The van der Waals surface area contributed by atoms with E-state index >= 15 is 0 Å².